The highest BCUT2D eigenvalue weighted by Crippen LogP contribution is 2.23. The molecule has 3 N–H and O–H groups in total. The first kappa shape index (κ1) is 15.1. The van der Waals surface area contributed by atoms with E-state index in [0.29, 0.717) is 6.54 Å². The topological polar surface area (TPSA) is 110 Å². The van der Waals surface area contributed by atoms with E-state index in [2.05, 4.69) is 34.0 Å². The Bertz CT molecular complexity index is 460. The van der Waals surface area contributed by atoms with Gasteiger partial charge in [0.05, 0.1) is 4.92 Å². The first-order chi connectivity index (χ1) is 8.71. The van der Waals surface area contributed by atoms with Crippen molar-refractivity contribution in [3.8, 4) is 0 Å². The second-order valence-corrected chi connectivity index (χ2v) is 5.47. The van der Waals surface area contributed by atoms with Crippen LogP contribution in [0.15, 0.2) is 6.20 Å². The van der Waals surface area contributed by atoms with Crippen molar-refractivity contribution in [2.24, 2.45) is 5.41 Å². The second kappa shape index (κ2) is 5.79. The van der Waals surface area contributed by atoms with Crippen LogP contribution in [-0.4, -0.2) is 47.0 Å². The molecule has 1 heterocycles. The number of nitrogen functional groups attached to an aromatic ring is 1. The molecule has 0 aliphatic rings. The number of aromatic nitrogens is 2. The van der Waals surface area contributed by atoms with E-state index in [9.17, 15) is 10.1 Å². The molecule has 0 aliphatic heterocycles. The highest BCUT2D eigenvalue weighted by atomic mass is 16.6. The molecule has 0 spiro atoms. The summed E-state index contributed by atoms with van der Waals surface area (Å²) in [5.74, 6) is 0.169. The lowest BCUT2D eigenvalue weighted by Gasteiger charge is -2.28. The van der Waals surface area contributed by atoms with Gasteiger partial charge in [-0.1, -0.05) is 13.8 Å². The summed E-state index contributed by atoms with van der Waals surface area (Å²) < 4.78 is 0. The minimum atomic E-state index is -0.527. The summed E-state index contributed by atoms with van der Waals surface area (Å²) in [7, 11) is 3.96. The normalized spacial score (nSPS) is 11.6. The Morgan fingerprint density at radius 1 is 1.53 bits per heavy atom. The van der Waals surface area contributed by atoms with Crippen molar-refractivity contribution in [2.45, 2.75) is 13.8 Å². The van der Waals surface area contributed by atoms with E-state index in [4.69, 9.17) is 5.73 Å². The fourth-order valence-corrected chi connectivity index (χ4v) is 1.89. The molecule has 1 aromatic heterocycles. The molecule has 0 saturated carbocycles. The summed E-state index contributed by atoms with van der Waals surface area (Å²) in [5.41, 5.74) is 5.22. The van der Waals surface area contributed by atoms with Gasteiger partial charge in [-0.3, -0.25) is 10.1 Å². The molecule has 0 aromatic carbocycles. The first-order valence-electron chi connectivity index (χ1n) is 5.87. The van der Waals surface area contributed by atoms with E-state index in [1.807, 2.05) is 14.1 Å². The third-order valence-electron chi connectivity index (χ3n) is 2.46. The van der Waals surface area contributed by atoms with Crippen LogP contribution in [-0.2, 0) is 0 Å². The van der Waals surface area contributed by atoms with E-state index < -0.39 is 4.92 Å². The van der Waals surface area contributed by atoms with Crippen LogP contribution in [0.4, 0.5) is 17.5 Å². The summed E-state index contributed by atoms with van der Waals surface area (Å²) in [6, 6.07) is 0. The molecule has 0 fully saturated rings. The zero-order valence-corrected chi connectivity index (χ0v) is 11.7. The molecule has 0 saturated heterocycles. The highest BCUT2D eigenvalue weighted by Gasteiger charge is 2.22. The van der Waals surface area contributed by atoms with Gasteiger partial charge in [-0.25, -0.2) is 4.98 Å². The van der Waals surface area contributed by atoms with Crippen molar-refractivity contribution in [1.82, 2.24) is 14.9 Å². The van der Waals surface area contributed by atoms with Crippen molar-refractivity contribution in [1.29, 1.82) is 0 Å². The van der Waals surface area contributed by atoms with Gasteiger partial charge in [0.1, 0.15) is 6.20 Å². The third-order valence-corrected chi connectivity index (χ3v) is 2.46. The van der Waals surface area contributed by atoms with Crippen LogP contribution >= 0.6 is 0 Å². The summed E-state index contributed by atoms with van der Waals surface area (Å²) >= 11 is 0. The molecule has 0 atom stereocenters. The lowest BCUT2D eigenvalue weighted by Crippen LogP contribution is -2.34. The molecule has 8 nitrogen and oxygen atoms in total. The minimum Gasteiger partial charge on any atom is -0.368 e. The molecule has 0 radical (unpaired) electrons. The predicted molar refractivity (Wildman–Crippen MR) is 73.9 cm³/mol. The van der Waals surface area contributed by atoms with Gasteiger partial charge in [0, 0.05) is 13.1 Å². The summed E-state index contributed by atoms with van der Waals surface area (Å²) in [5, 5.41) is 13.9. The van der Waals surface area contributed by atoms with Crippen LogP contribution in [0.5, 0.6) is 0 Å². The third kappa shape index (κ3) is 4.66. The molecular weight excluding hydrogens is 248 g/mol. The maximum Gasteiger partial charge on any atom is 0.329 e. The Hall–Kier alpha value is -1.96. The first-order valence-corrected chi connectivity index (χ1v) is 5.87. The van der Waals surface area contributed by atoms with Gasteiger partial charge in [-0.05, 0) is 19.5 Å². The monoisotopic (exact) mass is 268 g/mol. The van der Waals surface area contributed by atoms with Gasteiger partial charge in [0.2, 0.25) is 11.8 Å². The number of nitrogens with zero attached hydrogens (tertiary/aromatic N) is 4. The molecule has 0 unspecified atom stereocenters. The number of hydrogen-bond donors (Lipinski definition) is 2. The van der Waals surface area contributed by atoms with Crippen molar-refractivity contribution in [3.63, 3.8) is 0 Å². The summed E-state index contributed by atoms with van der Waals surface area (Å²) in [4.78, 5) is 19.9. The van der Waals surface area contributed by atoms with Crippen molar-refractivity contribution in [3.05, 3.63) is 16.3 Å². The molecule has 0 bridgehead atoms. The zero-order chi connectivity index (χ0) is 14.6. The maximum atomic E-state index is 10.9. The number of nitrogens with one attached hydrogen (secondary N) is 1. The fourth-order valence-electron chi connectivity index (χ4n) is 1.89. The molecule has 106 valence electrons. The number of nitro groups is 1. The van der Waals surface area contributed by atoms with Crippen LogP contribution in [0, 0.1) is 15.5 Å². The van der Waals surface area contributed by atoms with E-state index in [1.54, 1.807) is 0 Å². The van der Waals surface area contributed by atoms with Gasteiger partial charge in [0.25, 0.3) is 0 Å². The molecule has 0 aliphatic carbocycles. The van der Waals surface area contributed by atoms with Crippen LogP contribution in [0.3, 0.4) is 0 Å². The second-order valence-electron chi connectivity index (χ2n) is 5.47. The Morgan fingerprint density at radius 3 is 2.68 bits per heavy atom. The Labute approximate surface area is 112 Å². The minimum absolute atomic E-state index is 0.0125. The lowest BCUT2D eigenvalue weighted by atomic mass is 9.93. The van der Waals surface area contributed by atoms with E-state index in [1.165, 1.54) is 0 Å². The Kier molecular flexibility index (Phi) is 4.60. The quantitative estimate of drug-likeness (QED) is 0.584. The van der Waals surface area contributed by atoms with Crippen LogP contribution in [0.25, 0.3) is 0 Å². The molecule has 19 heavy (non-hydrogen) atoms. The van der Waals surface area contributed by atoms with Crippen LogP contribution < -0.4 is 11.1 Å². The summed E-state index contributed by atoms with van der Waals surface area (Å²) in [6.45, 7) is 5.52. The van der Waals surface area contributed by atoms with E-state index in [-0.39, 0.29) is 22.9 Å². The smallest absolute Gasteiger partial charge is 0.329 e. The molecule has 1 rings (SSSR count). The van der Waals surface area contributed by atoms with Crippen molar-refractivity contribution >= 4 is 17.5 Å². The average molecular weight is 268 g/mol. The maximum absolute atomic E-state index is 10.9. The molecule has 1 aromatic rings. The van der Waals surface area contributed by atoms with Crippen molar-refractivity contribution in [2.75, 3.05) is 38.2 Å². The zero-order valence-electron chi connectivity index (χ0n) is 11.7. The number of anilines is 2. The van der Waals surface area contributed by atoms with Gasteiger partial charge < -0.3 is 16.0 Å². The molecular formula is C11H20N6O2. The number of nitrogens with two attached hydrogens (primary N) is 1. The highest BCUT2D eigenvalue weighted by molar-refractivity contribution is 5.56. The van der Waals surface area contributed by atoms with Gasteiger partial charge in [-0.2, -0.15) is 4.98 Å². The summed E-state index contributed by atoms with van der Waals surface area (Å²) in [6.07, 6.45) is 1.11. The Morgan fingerprint density at radius 2 is 2.16 bits per heavy atom. The average Bonchev–Trinajstić information content (AvgIpc) is 2.24. The molecule has 0 amide bonds. The van der Waals surface area contributed by atoms with Gasteiger partial charge in [0.15, 0.2) is 0 Å². The van der Waals surface area contributed by atoms with Crippen molar-refractivity contribution < 1.29 is 4.92 Å². The van der Waals surface area contributed by atoms with E-state index >= 15 is 0 Å². The standard InChI is InChI=1S/C11H20N6O2/c1-11(2,7-16(3)4)6-14-9-8(17(18)19)5-13-10(12)15-9/h5H,6-7H2,1-4H3,(H3,12,13,14,15). The van der Waals surface area contributed by atoms with Crippen LogP contribution in [0.1, 0.15) is 13.8 Å². The molecule has 8 heteroatoms. The lowest BCUT2D eigenvalue weighted by molar-refractivity contribution is -0.384. The van der Waals surface area contributed by atoms with Gasteiger partial charge in [-0.15, -0.1) is 0 Å². The fraction of sp³-hybridized carbons (Fsp3) is 0.636. The Balaban J connectivity index is 2.82. The predicted octanol–water partition coefficient (Wildman–Crippen LogP) is 0.967. The van der Waals surface area contributed by atoms with Gasteiger partial charge >= 0.3 is 5.69 Å². The van der Waals surface area contributed by atoms with E-state index in [0.717, 1.165) is 12.7 Å². The van der Waals surface area contributed by atoms with Crippen LogP contribution in [0.2, 0.25) is 0 Å². The number of rotatable bonds is 6. The SMILES string of the molecule is CN(C)CC(C)(C)CNc1nc(N)ncc1[N+](=O)[O-]. The largest absolute Gasteiger partial charge is 0.368 e. The number of hydrogen-bond acceptors (Lipinski definition) is 7.